The van der Waals surface area contributed by atoms with Crippen LogP contribution < -0.4 is 11.2 Å². The highest BCUT2D eigenvalue weighted by atomic mass is 35.5. The highest BCUT2D eigenvalue weighted by molar-refractivity contribution is 6.17. The highest BCUT2D eigenvalue weighted by Gasteiger charge is 2.23. The van der Waals surface area contributed by atoms with Crippen LogP contribution in [0.4, 0.5) is 4.79 Å². The van der Waals surface area contributed by atoms with Gasteiger partial charge in [-0.2, -0.15) is 0 Å². The maximum atomic E-state index is 12.5. The SMILES string of the molecule is CC(C)(C)OC(=O)n1cc(-c2ccco2)c(=O)n(CCCCl)c1=O. The molecule has 0 fully saturated rings. The summed E-state index contributed by atoms with van der Waals surface area (Å²) in [6, 6.07) is 3.19. The molecule has 2 aromatic heterocycles. The van der Waals surface area contributed by atoms with E-state index in [0.717, 1.165) is 15.3 Å². The third kappa shape index (κ3) is 3.97. The minimum Gasteiger partial charge on any atom is -0.464 e. The molecule has 0 saturated heterocycles. The van der Waals surface area contributed by atoms with Crippen molar-refractivity contribution in [1.29, 1.82) is 0 Å². The molecule has 2 heterocycles. The minimum absolute atomic E-state index is 0.0957. The molecule has 0 aromatic carbocycles. The van der Waals surface area contributed by atoms with Gasteiger partial charge in [-0.15, -0.1) is 11.6 Å². The number of ether oxygens (including phenoxy) is 1. The highest BCUT2D eigenvalue weighted by Crippen LogP contribution is 2.15. The topological polar surface area (TPSA) is 83.4 Å². The van der Waals surface area contributed by atoms with Gasteiger partial charge in [0.1, 0.15) is 11.4 Å². The van der Waals surface area contributed by atoms with Crippen molar-refractivity contribution in [2.24, 2.45) is 0 Å². The predicted molar refractivity (Wildman–Crippen MR) is 89.6 cm³/mol. The molecule has 2 aromatic rings. The summed E-state index contributed by atoms with van der Waals surface area (Å²) in [5.41, 5.74) is -1.99. The molecule has 0 spiro atoms. The Balaban J connectivity index is 2.62. The number of furan rings is 1. The van der Waals surface area contributed by atoms with Crippen LogP contribution in [0, 0.1) is 0 Å². The van der Waals surface area contributed by atoms with Gasteiger partial charge < -0.3 is 9.15 Å². The largest absolute Gasteiger partial charge is 0.464 e. The second-order valence-electron chi connectivity index (χ2n) is 6.15. The van der Waals surface area contributed by atoms with Crippen molar-refractivity contribution in [2.75, 3.05) is 5.88 Å². The summed E-state index contributed by atoms with van der Waals surface area (Å²) in [7, 11) is 0. The maximum Gasteiger partial charge on any atom is 0.422 e. The molecule has 24 heavy (non-hydrogen) atoms. The lowest BCUT2D eigenvalue weighted by atomic mass is 10.2. The normalized spacial score (nSPS) is 11.5. The van der Waals surface area contributed by atoms with Gasteiger partial charge in [0.15, 0.2) is 0 Å². The summed E-state index contributed by atoms with van der Waals surface area (Å²) in [5.74, 6) is 0.542. The first kappa shape index (κ1) is 18.1. The van der Waals surface area contributed by atoms with Gasteiger partial charge in [-0.1, -0.05) is 0 Å². The van der Waals surface area contributed by atoms with E-state index in [1.165, 1.54) is 6.26 Å². The molecule has 0 atom stereocenters. The molecular formula is C16H19ClN2O5. The molecule has 0 radical (unpaired) electrons. The number of carbonyl (C=O) groups is 1. The average molecular weight is 355 g/mol. The van der Waals surface area contributed by atoms with Crippen LogP contribution in [0.1, 0.15) is 27.2 Å². The van der Waals surface area contributed by atoms with Crippen molar-refractivity contribution in [2.45, 2.75) is 39.3 Å². The van der Waals surface area contributed by atoms with Crippen LogP contribution in [0.5, 0.6) is 0 Å². The summed E-state index contributed by atoms with van der Waals surface area (Å²) < 4.78 is 12.2. The fraction of sp³-hybridized carbons (Fsp3) is 0.438. The molecule has 2 rings (SSSR count). The van der Waals surface area contributed by atoms with Crippen LogP contribution >= 0.6 is 11.6 Å². The maximum absolute atomic E-state index is 12.5. The van der Waals surface area contributed by atoms with Crippen LogP contribution in [-0.2, 0) is 11.3 Å². The lowest BCUT2D eigenvalue weighted by Crippen LogP contribution is -2.44. The quantitative estimate of drug-likeness (QED) is 0.788. The number of halogens is 1. The number of rotatable bonds is 4. The molecule has 0 saturated carbocycles. The Morgan fingerprint density at radius 2 is 2.04 bits per heavy atom. The van der Waals surface area contributed by atoms with Crippen molar-refractivity contribution in [1.82, 2.24) is 9.13 Å². The summed E-state index contributed by atoms with van der Waals surface area (Å²) >= 11 is 5.65. The van der Waals surface area contributed by atoms with Gasteiger partial charge in [-0.25, -0.2) is 14.2 Å². The van der Waals surface area contributed by atoms with Gasteiger partial charge >= 0.3 is 11.8 Å². The van der Waals surface area contributed by atoms with Crippen LogP contribution in [-0.4, -0.2) is 26.7 Å². The second-order valence-corrected chi connectivity index (χ2v) is 6.53. The number of hydrogen-bond acceptors (Lipinski definition) is 5. The third-order valence-electron chi connectivity index (χ3n) is 3.06. The zero-order chi connectivity index (χ0) is 17.9. The summed E-state index contributed by atoms with van der Waals surface area (Å²) in [6.07, 6.45) is 2.10. The molecule has 0 aliphatic heterocycles. The molecular weight excluding hydrogens is 336 g/mol. The van der Waals surface area contributed by atoms with Crippen molar-refractivity contribution in [3.63, 3.8) is 0 Å². The molecule has 8 heteroatoms. The van der Waals surface area contributed by atoms with E-state index < -0.39 is 22.9 Å². The fourth-order valence-corrected chi connectivity index (χ4v) is 2.18. The Morgan fingerprint density at radius 1 is 1.33 bits per heavy atom. The molecule has 0 bridgehead atoms. The Bertz CT molecular complexity index is 828. The summed E-state index contributed by atoms with van der Waals surface area (Å²) in [5, 5.41) is 0. The smallest absolute Gasteiger partial charge is 0.422 e. The van der Waals surface area contributed by atoms with E-state index >= 15 is 0 Å². The lowest BCUT2D eigenvalue weighted by Gasteiger charge is -2.20. The Labute approximate surface area is 143 Å². The van der Waals surface area contributed by atoms with E-state index in [-0.39, 0.29) is 23.7 Å². The first-order valence-electron chi connectivity index (χ1n) is 7.44. The number of hydrogen-bond donors (Lipinski definition) is 0. The van der Waals surface area contributed by atoms with E-state index in [0.29, 0.717) is 6.42 Å². The van der Waals surface area contributed by atoms with Gasteiger partial charge in [0.2, 0.25) is 0 Å². The molecule has 0 aliphatic carbocycles. The standard InChI is InChI=1S/C16H19ClN2O5/c1-16(2,3)24-15(22)19-10-11(12-6-4-9-23-12)13(20)18(14(19)21)8-5-7-17/h4,6,9-10H,5,7-8H2,1-3H3. The van der Waals surface area contributed by atoms with E-state index in [1.54, 1.807) is 32.9 Å². The van der Waals surface area contributed by atoms with Gasteiger partial charge in [-0.3, -0.25) is 9.36 Å². The summed E-state index contributed by atoms with van der Waals surface area (Å²) in [4.78, 5) is 37.4. The van der Waals surface area contributed by atoms with E-state index in [4.69, 9.17) is 20.8 Å². The van der Waals surface area contributed by atoms with E-state index in [9.17, 15) is 14.4 Å². The van der Waals surface area contributed by atoms with Crippen LogP contribution in [0.3, 0.4) is 0 Å². The Morgan fingerprint density at radius 3 is 2.58 bits per heavy atom. The van der Waals surface area contributed by atoms with Gasteiger partial charge in [0.25, 0.3) is 5.56 Å². The Hall–Kier alpha value is -2.28. The van der Waals surface area contributed by atoms with E-state index in [1.807, 2.05) is 0 Å². The Kier molecular flexibility index (Phi) is 5.33. The molecule has 0 aliphatic rings. The minimum atomic E-state index is -0.861. The monoisotopic (exact) mass is 354 g/mol. The first-order valence-corrected chi connectivity index (χ1v) is 7.98. The van der Waals surface area contributed by atoms with Crippen molar-refractivity contribution in [3.05, 3.63) is 45.4 Å². The zero-order valence-electron chi connectivity index (χ0n) is 13.7. The predicted octanol–water partition coefficient (Wildman–Crippen LogP) is 2.68. The van der Waals surface area contributed by atoms with Gasteiger partial charge in [-0.05, 0) is 39.3 Å². The third-order valence-corrected chi connectivity index (χ3v) is 3.33. The average Bonchev–Trinajstić information content (AvgIpc) is 2.99. The number of alkyl halides is 1. The summed E-state index contributed by atoms with van der Waals surface area (Å²) in [6.45, 7) is 5.16. The van der Waals surface area contributed by atoms with Gasteiger partial charge in [0.05, 0.1) is 11.8 Å². The van der Waals surface area contributed by atoms with Crippen LogP contribution in [0.15, 0.2) is 38.6 Å². The molecule has 0 N–H and O–H groups in total. The van der Waals surface area contributed by atoms with Crippen molar-refractivity contribution >= 4 is 17.7 Å². The molecule has 7 nitrogen and oxygen atoms in total. The van der Waals surface area contributed by atoms with Gasteiger partial charge in [0, 0.05) is 18.6 Å². The molecule has 130 valence electrons. The number of aromatic nitrogens is 2. The van der Waals surface area contributed by atoms with E-state index in [2.05, 4.69) is 0 Å². The first-order chi connectivity index (χ1) is 11.2. The lowest BCUT2D eigenvalue weighted by molar-refractivity contribution is 0.0525. The fourth-order valence-electron chi connectivity index (χ4n) is 2.06. The second kappa shape index (κ2) is 7.09. The number of carbonyl (C=O) groups excluding carboxylic acids is 1. The van der Waals surface area contributed by atoms with Crippen molar-refractivity contribution < 1.29 is 13.9 Å². The number of nitrogens with zero attached hydrogens (tertiary/aromatic N) is 2. The van der Waals surface area contributed by atoms with Crippen LogP contribution in [0.25, 0.3) is 11.3 Å². The van der Waals surface area contributed by atoms with Crippen molar-refractivity contribution in [3.8, 4) is 11.3 Å². The zero-order valence-corrected chi connectivity index (χ0v) is 14.5. The van der Waals surface area contributed by atoms with Crippen LogP contribution in [0.2, 0.25) is 0 Å². The molecule has 0 amide bonds. The molecule has 0 unspecified atom stereocenters.